The number of hydrogen-bond acceptors (Lipinski definition) is 4. The topological polar surface area (TPSA) is 71.8 Å². The van der Waals surface area contributed by atoms with Crippen molar-refractivity contribution >= 4 is 5.91 Å². The zero-order chi connectivity index (χ0) is 11.4. The third kappa shape index (κ3) is 2.79. The van der Waals surface area contributed by atoms with Gasteiger partial charge in [-0.15, -0.1) is 5.10 Å². The Balaban J connectivity index is 1.76. The molecule has 88 valence electrons. The second-order valence-electron chi connectivity index (χ2n) is 4.45. The summed E-state index contributed by atoms with van der Waals surface area (Å²) in [4.78, 5) is 11.7. The molecule has 2 N–H and O–H groups in total. The summed E-state index contributed by atoms with van der Waals surface area (Å²) in [5, 5.41) is 13.8. The molecule has 6 nitrogen and oxygen atoms in total. The number of carbonyl (C=O) groups excluding carboxylic acids is 1. The molecule has 16 heavy (non-hydrogen) atoms. The molecule has 0 saturated carbocycles. The van der Waals surface area contributed by atoms with Gasteiger partial charge in [-0.05, 0) is 19.9 Å². The summed E-state index contributed by atoms with van der Waals surface area (Å²) in [6.07, 6.45) is 4.80. The van der Waals surface area contributed by atoms with Crippen molar-refractivity contribution in [2.75, 3.05) is 13.1 Å². The molecule has 1 unspecified atom stereocenters. The third-order valence-corrected chi connectivity index (χ3v) is 2.85. The molecule has 0 aromatic carbocycles. The zero-order valence-corrected chi connectivity index (χ0v) is 9.44. The molecule has 1 aliphatic heterocycles. The molecule has 0 spiro atoms. The van der Waals surface area contributed by atoms with E-state index in [9.17, 15) is 4.79 Å². The largest absolute Gasteiger partial charge is 0.350 e. The fourth-order valence-electron chi connectivity index (χ4n) is 1.89. The molecule has 1 aromatic heterocycles. The highest BCUT2D eigenvalue weighted by molar-refractivity contribution is 5.76. The van der Waals surface area contributed by atoms with Crippen molar-refractivity contribution in [1.82, 2.24) is 25.6 Å². The van der Waals surface area contributed by atoms with Crippen LogP contribution < -0.4 is 10.6 Å². The van der Waals surface area contributed by atoms with E-state index in [1.165, 1.54) is 0 Å². The smallest absolute Gasteiger partial charge is 0.222 e. The first-order chi connectivity index (χ1) is 7.68. The van der Waals surface area contributed by atoms with Crippen molar-refractivity contribution < 1.29 is 4.79 Å². The van der Waals surface area contributed by atoms with Gasteiger partial charge < -0.3 is 10.6 Å². The summed E-state index contributed by atoms with van der Waals surface area (Å²) < 4.78 is 1.66. The molecule has 1 fully saturated rings. The number of nitrogens with zero attached hydrogens (tertiary/aromatic N) is 3. The van der Waals surface area contributed by atoms with E-state index in [1.54, 1.807) is 17.1 Å². The summed E-state index contributed by atoms with van der Waals surface area (Å²) in [5.74, 6) is 0.0710. The van der Waals surface area contributed by atoms with Crippen LogP contribution in [0.25, 0.3) is 0 Å². The van der Waals surface area contributed by atoms with Gasteiger partial charge in [0, 0.05) is 19.2 Å². The van der Waals surface area contributed by atoms with Crippen molar-refractivity contribution in [3.63, 3.8) is 0 Å². The van der Waals surface area contributed by atoms with Gasteiger partial charge in [0.15, 0.2) is 0 Å². The quantitative estimate of drug-likeness (QED) is 0.724. The van der Waals surface area contributed by atoms with Crippen molar-refractivity contribution in [2.45, 2.75) is 31.8 Å². The van der Waals surface area contributed by atoms with Gasteiger partial charge in [-0.3, -0.25) is 9.48 Å². The number of aryl methyl sites for hydroxylation is 1. The molecule has 2 heterocycles. The Kier molecular flexibility index (Phi) is 3.19. The van der Waals surface area contributed by atoms with Gasteiger partial charge in [0.25, 0.3) is 0 Å². The monoisotopic (exact) mass is 223 g/mol. The molecule has 0 radical (unpaired) electrons. The van der Waals surface area contributed by atoms with Crippen LogP contribution in [0.15, 0.2) is 12.4 Å². The first kappa shape index (κ1) is 11.1. The second-order valence-corrected chi connectivity index (χ2v) is 4.45. The van der Waals surface area contributed by atoms with E-state index in [0.29, 0.717) is 13.0 Å². The first-order valence-corrected chi connectivity index (χ1v) is 5.54. The Hall–Kier alpha value is -1.43. The molecule has 2 rings (SSSR count). The van der Waals surface area contributed by atoms with E-state index >= 15 is 0 Å². The predicted octanol–water partition coefficient (Wildman–Crippen LogP) is -0.464. The second kappa shape index (κ2) is 4.61. The maximum atomic E-state index is 11.7. The highest BCUT2D eigenvalue weighted by atomic mass is 16.1. The third-order valence-electron chi connectivity index (χ3n) is 2.85. The van der Waals surface area contributed by atoms with E-state index in [-0.39, 0.29) is 11.4 Å². The molecule has 0 bridgehead atoms. The lowest BCUT2D eigenvalue weighted by Crippen LogP contribution is -2.47. The van der Waals surface area contributed by atoms with Crippen LogP contribution in [0, 0.1) is 0 Å². The van der Waals surface area contributed by atoms with Crippen molar-refractivity contribution in [3.05, 3.63) is 12.4 Å². The van der Waals surface area contributed by atoms with Gasteiger partial charge in [-0.1, -0.05) is 5.21 Å². The van der Waals surface area contributed by atoms with E-state index < -0.39 is 0 Å². The predicted molar refractivity (Wildman–Crippen MR) is 58.7 cm³/mol. The lowest BCUT2D eigenvalue weighted by Gasteiger charge is -2.24. The minimum absolute atomic E-state index is 0.0710. The van der Waals surface area contributed by atoms with Crippen LogP contribution in [0.4, 0.5) is 0 Å². The minimum atomic E-state index is -0.0839. The first-order valence-electron chi connectivity index (χ1n) is 5.54. The lowest BCUT2D eigenvalue weighted by molar-refractivity contribution is -0.122. The maximum absolute atomic E-state index is 11.7. The summed E-state index contributed by atoms with van der Waals surface area (Å²) in [6, 6.07) is 0. The average Bonchev–Trinajstić information content (AvgIpc) is 2.86. The fraction of sp³-hybridized carbons (Fsp3) is 0.700. The van der Waals surface area contributed by atoms with Crippen LogP contribution in [0.1, 0.15) is 19.8 Å². The highest BCUT2D eigenvalue weighted by Gasteiger charge is 2.29. The zero-order valence-electron chi connectivity index (χ0n) is 9.44. The SMILES string of the molecule is CC1(NC(=O)CCn2ccnn2)CCNC1. The van der Waals surface area contributed by atoms with Crippen molar-refractivity contribution in [1.29, 1.82) is 0 Å². The van der Waals surface area contributed by atoms with Crippen LogP contribution >= 0.6 is 0 Å². The summed E-state index contributed by atoms with van der Waals surface area (Å²) in [6.45, 7) is 4.47. The fourth-order valence-corrected chi connectivity index (χ4v) is 1.89. The normalized spacial score (nSPS) is 24.6. The van der Waals surface area contributed by atoms with Gasteiger partial charge in [-0.25, -0.2) is 0 Å². The van der Waals surface area contributed by atoms with Crippen molar-refractivity contribution in [2.24, 2.45) is 0 Å². The Bertz CT molecular complexity index is 342. The van der Waals surface area contributed by atoms with Gasteiger partial charge >= 0.3 is 0 Å². The van der Waals surface area contributed by atoms with Gasteiger partial charge in [-0.2, -0.15) is 0 Å². The number of carbonyl (C=O) groups is 1. The Morgan fingerprint density at radius 3 is 3.19 bits per heavy atom. The van der Waals surface area contributed by atoms with Gasteiger partial charge in [0.05, 0.1) is 18.3 Å². The lowest BCUT2D eigenvalue weighted by atomic mass is 10.0. The van der Waals surface area contributed by atoms with Crippen LogP contribution in [0.3, 0.4) is 0 Å². The Labute approximate surface area is 94.4 Å². The van der Waals surface area contributed by atoms with Gasteiger partial charge in [0.2, 0.25) is 5.91 Å². The average molecular weight is 223 g/mol. The number of aromatic nitrogens is 3. The molecule has 1 atom stereocenters. The summed E-state index contributed by atoms with van der Waals surface area (Å²) in [7, 11) is 0. The van der Waals surface area contributed by atoms with E-state index in [0.717, 1.165) is 19.5 Å². The molecule has 1 amide bonds. The van der Waals surface area contributed by atoms with E-state index in [1.807, 2.05) is 0 Å². The molecule has 6 heteroatoms. The van der Waals surface area contributed by atoms with E-state index in [2.05, 4.69) is 27.9 Å². The molecule has 1 aliphatic rings. The molecule has 1 saturated heterocycles. The summed E-state index contributed by atoms with van der Waals surface area (Å²) in [5.41, 5.74) is -0.0839. The molecule has 1 aromatic rings. The van der Waals surface area contributed by atoms with E-state index in [4.69, 9.17) is 0 Å². The molecular formula is C10H17N5O. The molecular weight excluding hydrogens is 206 g/mol. The minimum Gasteiger partial charge on any atom is -0.350 e. The number of hydrogen-bond donors (Lipinski definition) is 2. The molecule has 0 aliphatic carbocycles. The number of nitrogens with one attached hydrogen (secondary N) is 2. The van der Waals surface area contributed by atoms with Crippen LogP contribution in [0.5, 0.6) is 0 Å². The Morgan fingerprint density at radius 2 is 2.56 bits per heavy atom. The van der Waals surface area contributed by atoms with Crippen LogP contribution in [-0.4, -0.2) is 39.5 Å². The Morgan fingerprint density at radius 1 is 1.69 bits per heavy atom. The van der Waals surface area contributed by atoms with Crippen molar-refractivity contribution in [3.8, 4) is 0 Å². The van der Waals surface area contributed by atoms with Crippen LogP contribution in [-0.2, 0) is 11.3 Å². The standard InChI is InChI=1S/C10H17N5O/c1-10(3-4-11-8-10)13-9(16)2-6-15-7-5-12-14-15/h5,7,11H,2-4,6,8H2,1H3,(H,13,16). The maximum Gasteiger partial charge on any atom is 0.222 e. The number of amides is 1. The number of rotatable bonds is 4. The van der Waals surface area contributed by atoms with Gasteiger partial charge in [0.1, 0.15) is 0 Å². The summed E-state index contributed by atoms with van der Waals surface area (Å²) >= 11 is 0. The van der Waals surface area contributed by atoms with Crippen LogP contribution in [0.2, 0.25) is 0 Å². The highest BCUT2D eigenvalue weighted by Crippen LogP contribution is 2.13.